The average molecular weight is 382 g/mol. The van der Waals surface area contributed by atoms with Crippen LogP contribution in [0.25, 0.3) is 0 Å². The quantitative estimate of drug-likeness (QED) is 0.613. The Hall–Kier alpha value is -2.38. The van der Waals surface area contributed by atoms with Gasteiger partial charge in [-0.25, -0.2) is 13.2 Å². The number of sulfonamides is 1. The van der Waals surface area contributed by atoms with Crippen LogP contribution in [0.1, 0.15) is 27.6 Å². The second-order valence-electron chi connectivity index (χ2n) is 5.37. The molecule has 0 spiro atoms. The van der Waals surface area contributed by atoms with Crippen LogP contribution in [0.5, 0.6) is 0 Å². The highest BCUT2D eigenvalue weighted by atomic mass is 35.5. The summed E-state index contributed by atoms with van der Waals surface area (Å²) in [7, 11) is -3.39. The van der Waals surface area contributed by atoms with Crippen molar-refractivity contribution in [3.63, 3.8) is 0 Å². The lowest BCUT2D eigenvalue weighted by Gasteiger charge is -2.13. The number of benzene rings is 2. The highest BCUT2D eigenvalue weighted by Gasteiger charge is 2.20. The monoisotopic (exact) mass is 381 g/mol. The van der Waals surface area contributed by atoms with Crippen LogP contribution in [-0.4, -0.2) is 32.5 Å². The zero-order valence-electron chi connectivity index (χ0n) is 13.5. The van der Waals surface area contributed by atoms with E-state index in [-0.39, 0.29) is 5.56 Å². The molecular formula is C17H16ClNO5S. The first kappa shape index (κ1) is 19.0. The molecule has 0 amide bonds. The molecule has 0 fully saturated rings. The lowest BCUT2D eigenvalue weighted by atomic mass is 10.1. The molecule has 6 nitrogen and oxygen atoms in total. The second-order valence-corrected chi connectivity index (χ2v) is 7.56. The molecule has 0 aromatic heterocycles. The van der Waals surface area contributed by atoms with E-state index in [1.807, 2.05) is 0 Å². The summed E-state index contributed by atoms with van der Waals surface area (Å²) in [4.78, 5) is 24.3. The molecule has 1 N–H and O–H groups in total. The number of hydrogen-bond donors (Lipinski definition) is 1. The minimum Gasteiger partial charge on any atom is -0.451 e. The van der Waals surface area contributed by atoms with E-state index in [1.165, 1.54) is 43.3 Å². The van der Waals surface area contributed by atoms with E-state index in [0.717, 1.165) is 6.26 Å². The van der Waals surface area contributed by atoms with E-state index in [1.54, 1.807) is 12.1 Å². The molecule has 0 radical (unpaired) electrons. The molecule has 0 aliphatic carbocycles. The van der Waals surface area contributed by atoms with Gasteiger partial charge in [0.2, 0.25) is 15.8 Å². The zero-order valence-corrected chi connectivity index (χ0v) is 15.1. The van der Waals surface area contributed by atoms with Crippen molar-refractivity contribution in [2.24, 2.45) is 0 Å². The van der Waals surface area contributed by atoms with Gasteiger partial charge in [0.25, 0.3) is 0 Å². The fourth-order valence-corrected chi connectivity index (χ4v) is 2.71. The number of nitrogens with one attached hydrogen (secondary N) is 1. The van der Waals surface area contributed by atoms with Crippen LogP contribution in [0.15, 0.2) is 48.5 Å². The fraction of sp³-hybridized carbons (Fsp3) is 0.176. The van der Waals surface area contributed by atoms with Crippen LogP contribution in [0.4, 0.5) is 5.69 Å². The van der Waals surface area contributed by atoms with Gasteiger partial charge in [-0.15, -0.1) is 0 Å². The number of ether oxygens (including phenoxy) is 1. The molecule has 2 aromatic carbocycles. The van der Waals surface area contributed by atoms with Crippen molar-refractivity contribution in [1.82, 2.24) is 0 Å². The molecule has 1 atom stereocenters. The first-order valence-corrected chi connectivity index (χ1v) is 9.51. The number of esters is 1. The number of hydrogen-bond acceptors (Lipinski definition) is 5. The van der Waals surface area contributed by atoms with E-state index in [0.29, 0.717) is 16.3 Å². The lowest BCUT2D eigenvalue weighted by Crippen LogP contribution is -2.24. The van der Waals surface area contributed by atoms with Crippen molar-refractivity contribution < 1.29 is 22.7 Å². The zero-order chi connectivity index (χ0) is 18.6. The van der Waals surface area contributed by atoms with Crippen LogP contribution < -0.4 is 4.72 Å². The maximum atomic E-state index is 12.3. The Morgan fingerprint density at radius 3 is 2.04 bits per heavy atom. The van der Waals surface area contributed by atoms with Gasteiger partial charge in [-0.2, -0.15) is 0 Å². The first-order valence-electron chi connectivity index (χ1n) is 7.24. The van der Waals surface area contributed by atoms with Crippen molar-refractivity contribution in [2.75, 3.05) is 11.0 Å². The van der Waals surface area contributed by atoms with Crippen LogP contribution in [0.2, 0.25) is 5.02 Å². The Kier molecular flexibility index (Phi) is 5.81. The topological polar surface area (TPSA) is 89.5 Å². The molecular weight excluding hydrogens is 366 g/mol. The normalized spacial score (nSPS) is 12.3. The molecule has 2 aromatic rings. The van der Waals surface area contributed by atoms with Crippen LogP contribution in [-0.2, 0) is 14.8 Å². The number of ketones is 1. The Morgan fingerprint density at radius 2 is 1.52 bits per heavy atom. The molecule has 8 heteroatoms. The van der Waals surface area contributed by atoms with E-state index < -0.39 is 27.9 Å². The Bertz CT molecular complexity index is 876. The van der Waals surface area contributed by atoms with Gasteiger partial charge in [-0.05, 0) is 55.5 Å². The lowest BCUT2D eigenvalue weighted by molar-refractivity contribution is 0.0319. The Balaban J connectivity index is 2.04. The molecule has 132 valence electrons. The Labute approximate surface area is 150 Å². The number of carbonyl (C=O) groups is 2. The summed E-state index contributed by atoms with van der Waals surface area (Å²) in [6.07, 6.45) is 0.0431. The first-order chi connectivity index (χ1) is 11.7. The summed E-state index contributed by atoms with van der Waals surface area (Å²) < 4.78 is 29.8. The minimum atomic E-state index is -3.39. The van der Waals surface area contributed by atoms with E-state index in [4.69, 9.17) is 16.3 Å². The molecule has 0 aliphatic rings. The number of rotatable bonds is 6. The van der Waals surface area contributed by atoms with Crippen LogP contribution in [0.3, 0.4) is 0 Å². The van der Waals surface area contributed by atoms with Gasteiger partial charge in [0, 0.05) is 16.3 Å². The van der Waals surface area contributed by atoms with Gasteiger partial charge in [0.15, 0.2) is 6.10 Å². The van der Waals surface area contributed by atoms with Gasteiger partial charge in [-0.1, -0.05) is 11.6 Å². The third kappa shape index (κ3) is 5.58. The minimum absolute atomic E-state index is 0.289. The summed E-state index contributed by atoms with van der Waals surface area (Å²) in [5.74, 6) is -1.03. The summed E-state index contributed by atoms with van der Waals surface area (Å²) in [5.41, 5.74) is 0.928. The third-order valence-corrected chi connectivity index (χ3v) is 4.06. The van der Waals surface area contributed by atoms with Crippen molar-refractivity contribution in [1.29, 1.82) is 0 Å². The van der Waals surface area contributed by atoms with Crippen molar-refractivity contribution in [3.8, 4) is 0 Å². The highest BCUT2D eigenvalue weighted by Crippen LogP contribution is 2.15. The molecule has 0 saturated carbocycles. The molecule has 0 heterocycles. The van der Waals surface area contributed by atoms with Gasteiger partial charge in [0.1, 0.15) is 0 Å². The maximum Gasteiger partial charge on any atom is 0.338 e. The highest BCUT2D eigenvalue weighted by molar-refractivity contribution is 7.92. The predicted octanol–water partition coefficient (Wildman–Crippen LogP) is 3.14. The molecule has 0 bridgehead atoms. The van der Waals surface area contributed by atoms with E-state index in [9.17, 15) is 18.0 Å². The SMILES string of the molecule is C[C@@H](OC(=O)c1ccc(Cl)cc1)C(=O)c1ccc(NS(C)(=O)=O)cc1. The molecule has 0 aliphatic heterocycles. The van der Waals surface area contributed by atoms with Crippen molar-refractivity contribution in [3.05, 3.63) is 64.7 Å². The molecule has 25 heavy (non-hydrogen) atoms. The molecule has 0 saturated heterocycles. The summed E-state index contributed by atoms with van der Waals surface area (Å²) in [6, 6.07) is 12.0. The summed E-state index contributed by atoms with van der Waals surface area (Å²) >= 11 is 5.76. The van der Waals surface area contributed by atoms with Gasteiger partial charge in [-0.3, -0.25) is 9.52 Å². The van der Waals surface area contributed by atoms with E-state index >= 15 is 0 Å². The number of Topliss-reactive ketones (excluding diaryl/α,β-unsaturated/α-hetero) is 1. The van der Waals surface area contributed by atoms with Gasteiger partial charge >= 0.3 is 5.97 Å². The number of halogens is 1. The smallest absolute Gasteiger partial charge is 0.338 e. The van der Waals surface area contributed by atoms with Gasteiger partial charge < -0.3 is 4.74 Å². The van der Waals surface area contributed by atoms with Crippen LogP contribution in [0, 0.1) is 0 Å². The summed E-state index contributed by atoms with van der Waals surface area (Å²) in [6.45, 7) is 1.47. The number of carbonyl (C=O) groups excluding carboxylic acids is 2. The largest absolute Gasteiger partial charge is 0.451 e. The second kappa shape index (κ2) is 7.67. The predicted molar refractivity (Wildman–Crippen MR) is 95.6 cm³/mol. The van der Waals surface area contributed by atoms with Crippen LogP contribution >= 0.6 is 11.6 Å². The molecule has 0 unspecified atom stereocenters. The van der Waals surface area contributed by atoms with E-state index in [2.05, 4.69) is 4.72 Å². The Morgan fingerprint density at radius 1 is 1.00 bits per heavy atom. The molecule has 2 rings (SSSR count). The average Bonchev–Trinajstić information content (AvgIpc) is 2.54. The van der Waals surface area contributed by atoms with Crippen molar-refractivity contribution in [2.45, 2.75) is 13.0 Å². The fourth-order valence-electron chi connectivity index (χ4n) is 2.02. The number of anilines is 1. The van der Waals surface area contributed by atoms with Gasteiger partial charge in [0.05, 0.1) is 11.8 Å². The third-order valence-electron chi connectivity index (χ3n) is 3.21. The summed E-state index contributed by atoms with van der Waals surface area (Å²) in [5, 5.41) is 0.489. The van der Waals surface area contributed by atoms with Crippen molar-refractivity contribution >= 4 is 39.1 Å². The maximum absolute atomic E-state index is 12.3. The standard InChI is InChI=1S/C17H16ClNO5S/c1-11(24-17(21)13-3-7-14(18)8-4-13)16(20)12-5-9-15(10-6-12)19-25(2,22)23/h3-11,19H,1-2H3/t11-/m1/s1.